The summed E-state index contributed by atoms with van der Waals surface area (Å²) in [6.07, 6.45) is 10.3. The lowest BCUT2D eigenvalue weighted by Gasteiger charge is -2.39. The molecule has 1 saturated carbocycles. The molecule has 5 heterocycles. The molecule has 4 fully saturated rings. The smallest absolute Gasteiger partial charge is 0.407 e. The van der Waals surface area contributed by atoms with Crippen LogP contribution in [0, 0.1) is 17.8 Å². The Balaban J connectivity index is 0.909. The number of alkyl carbamates (subject to hydrolysis) is 2. The highest BCUT2D eigenvalue weighted by molar-refractivity contribution is 5.88. The highest BCUT2D eigenvalue weighted by atomic mass is 16.5. The Morgan fingerprint density at radius 1 is 0.787 bits per heavy atom. The van der Waals surface area contributed by atoms with Gasteiger partial charge in [-0.25, -0.2) is 19.6 Å². The van der Waals surface area contributed by atoms with E-state index < -0.39 is 24.3 Å². The number of carbonyl (C=O) groups is 4. The first-order chi connectivity index (χ1) is 29.6. The van der Waals surface area contributed by atoms with Gasteiger partial charge in [-0.05, 0) is 121 Å². The zero-order valence-electron chi connectivity index (χ0n) is 35.4. The molecule has 5 aliphatic rings. The molecule has 61 heavy (non-hydrogen) atoms. The normalized spacial score (nSPS) is 23.0. The summed E-state index contributed by atoms with van der Waals surface area (Å²) in [5.41, 5.74) is 8.87. The minimum Gasteiger partial charge on any atom is -0.453 e. The first kappa shape index (κ1) is 40.7. The second-order valence-corrected chi connectivity index (χ2v) is 17.6. The number of piperidine rings is 1. The summed E-state index contributed by atoms with van der Waals surface area (Å²) in [7, 11) is 2.63. The second kappa shape index (κ2) is 17.0. The predicted octanol–water partition coefficient (Wildman–Crippen LogP) is 6.48. The van der Waals surface area contributed by atoms with Gasteiger partial charge >= 0.3 is 12.2 Å². The van der Waals surface area contributed by atoms with Crippen LogP contribution in [-0.4, -0.2) is 106 Å². The van der Waals surface area contributed by atoms with Crippen molar-refractivity contribution in [1.29, 1.82) is 0 Å². The Bertz CT molecular complexity index is 2300. The van der Waals surface area contributed by atoms with Crippen LogP contribution in [0.5, 0.6) is 0 Å². The number of imidazole rings is 2. The van der Waals surface area contributed by atoms with Gasteiger partial charge in [0.1, 0.15) is 23.7 Å². The molecule has 15 heteroatoms. The molecule has 1 unspecified atom stereocenters. The van der Waals surface area contributed by atoms with E-state index in [1.54, 1.807) is 0 Å². The summed E-state index contributed by atoms with van der Waals surface area (Å²) in [5.74, 6) is 1.53. The average molecular weight is 833 g/mol. The number of ether oxygens (including phenoxy) is 3. The zero-order valence-corrected chi connectivity index (χ0v) is 35.4. The Labute approximate surface area is 355 Å². The minimum absolute atomic E-state index is 0.0210. The van der Waals surface area contributed by atoms with Gasteiger partial charge in [0.2, 0.25) is 11.8 Å². The lowest BCUT2D eigenvalue weighted by atomic mass is 9.83. The number of aryl methyl sites for hydroxylation is 2. The third-order valence-corrected chi connectivity index (χ3v) is 13.8. The largest absolute Gasteiger partial charge is 0.453 e. The number of carbonyl (C=O) groups excluding carboxylic acids is 4. The average Bonchev–Trinajstić information content (AvgIpc) is 4.15. The maximum Gasteiger partial charge on any atom is 0.407 e. The molecule has 4 amide bonds. The van der Waals surface area contributed by atoms with Crippen molar-refractivity contribution in [3.8, 4) is 33.6 Å². The number of rotatable bonds is 10. The van der Waals surface area contributed by atoms with Crippen LogP contribution in [0.2, 0.25) is 0 Å². The molecule has 4 aromatic rings. The maximum atomic E-state index is 14.4. The van der Waals surface area contributed by atoms with E-state index in [1.165, 1.54) is 36.5 Å². The molecule has 3 aliphatic heterocycles. The molecule has 4 N–H and O–H groups in total. The van der Waals surface area contributed by atoms with Gasteiger partial charge in [-0.15, -0.1) is 0 Å². The predicted molar refractivity (Wildman–Crippen MR) is 226 cm³/mol. The van der Waals surface area contributed by atoms with Crippen LogP contribution in [-0.2, 0) is 36.6 Å². The van der Waals surface area contributed by atoms with Crippen LogP contribution in [0.1, 0.15) is 93.7 Å². The molecule has 2 bridgehead atoms. The maximum absolute atomic E-state index is 14.4. The summed E-state index contributed by atoms with van der Waals surface area (Å²) in [6, 6.07) is 11.5. The third-order valence-electron chi connectivity index (χ3n) is 13.8. The number of benzene rings is 2. The quantitative estimate of drug-likeness (QED) is 0.139. The van der Waals surface area contributed by atoms with Crippen molar-refractivity contribution in [2.75, 3.05) is 34.0 Å². The summed E-state index contributed by atoms with van der Waals surface area (Å²) in [4.78, 5) is 73.2. The van der Waals surface area contributed by atoms with Crippen molar-refractivity contribution >= 4 is 24.0 Å². The Morgan fingerprint density at radius 3 is 2.05 bits per heavy atom. The van der Waals surface area contributed by atoms with Crippen molar-refractivity contribution in [3.63, 3.8) is 0 Å². The van der Waals surface area contributed by atoms with Gasteiger partial charge in [0.05, 0.1) is 50.1 Å². The molecule has 2 aromatic heterocycles. The molecule has 9 rings (SSSR count). The fourth-order valence-corrected chi connectivity index (χ4v) is 10.6. The SMILES string of the molecule is COC(=O)NC(C(=O)N1CCC[C@H]1c1ncc(-c2ccc3c(c2)CCc2cc(-c4cnc([C@@H]5[C@H]6CC[C@H](C6)N5C(=O)[C@@H](NC(=O)OC)C5CCOCC5)[nH]4)ccc2-3)[nH]1)C(C)C. The fourth-order valence-electron chi connectivity index (χ4n) is 10.6. The van der Waals surface area contributed by atoms with E-state index in [-0.39, 0.29) is 41.8 Å². The van der Waals surface area contributed by atoms with Crippen molar-refractivity contribution in [1.82, 2.24) is 40.4 Å². The topological polar surface area (TPSA) is 184 Å². The van der Waals surface area contributed by atoms with Crippen LogP contribution < -0.4 is 10.6 Å². The highest BCUT2D eigenvalue weighted by Crippen LogP contribution is 2.50. The van der Waals surface area contributed by atoms with Crippen LogP contribution in [0.15, 0.2) is 48.8 Å². The van der Waals surface area contributed by atoms with Crippen LogP contribution in [0.3, 0.4) is 0 Å². The highest BCUT2D eigenvalue weighted by Gasteiger charge is 2.52. The van der Waals surface area contributed by atoms with Gasteiger partial charge < -0.3 is 44.6 Å². The summed E-state index contributed by atoms with van der Waals surface area (Å²) < 4.78 is 15.3. The molecule has 2 aliphatic carbocycles. The molecular weight excluding hydrogens is 777 g/mol. The van der Waals surface area contributed by atoms with Crippen LogP contribution in [0.4, 0.5) is 9.59 Å². The number of nitrogens with one attached hydrogen (secondary N) is 4. The number of aromatic nitrogens is 4. The van der Waals surface area contributed by atoms with E-state index in [2.05, 4.69) is 57.0 Å². The number of methoxy groups -OCH3 is 2. The summed E-state index contributed by atoms with van der Waals surface area (Å²) in [6.45, 7) is 5.56. The number of H-pyrrole nitrogens is 2. The first-order valence-electron chi connectivity index (χ1n) is 21.9. The molecule has 3 saturated heterocycles. The van der Waals surface area contributed by atoms with E-state index in [1.807, 2.05) is 36.0 Å². The van der Waals surface area contributed by atoms with Gasteiger partial charge in [0.25, 0.3) is 0 Å². The van der Waals surface area contributed by atoms with E-state index in [9.17, 15) is 19.2 Å². The van der Waals surface area contributed by atoms with Crippen molar-refractivity contribution < 1.29 is 33.4 Å². The van der Waals surface area contributed by atoms with Crippen molar-refractivity contribution in [2.24, 2.45) is 17.8 Å². The minimum atomic E-state index is -0.686. The zero-order chi connectivity index (χ0) is 42.4. The Kier molecular flexibility index (Phi) is 11.3. The van der Waals surface area contributed by atoms with Crippen molar-refractivity contribution in [2.45, 2.75) is 102 Å². The lowest BCUT2D eigenvalue weighted by molar-refractivity contribution is -0.140. The number of nitrogens with zero attached hydrogens (tertiary/aromatic N) is 4. The number of hydrogen-bond acceptors (Lipinski definition) is 9. The van der Waals surface area contributed by atoms with Crippen molar-refractivity contribution in [3.05, 3.63) is 71.6 Å². The number of hydrogen-bond donors (Lipinski definition) is 4. The third kappa shape index (κ3) is 7.77. The molecule has 6 atom stereocenters. The summed E-state index contributed by atoms with van der Waals surface area (Å²) >= 11 is 0. The van der Waals surface area contributed by atoms with Gasteiger partial charge in [-0.3, -0.25) is 9.59 Å². The standard InChI is InChI=1S/C46H56N8O7/c1-25(2)38(51-45(57)59-3)43(55)53-17-5-6-37(53)41-47-23-35(49-41)29-10-13-33-27(20-29)7-8-28-21-30(11-14-34(28)33)36-24-48-42(50-36)40-31-9-12-32(22-31)54(40)44(56)39(52-46(58)60-4)26-15-18-61-19-16-26/h10-11,13-14,20-21,23-26,31-32,37-40H,5-9,12,15-19,22H2,1-4H3,(H,47,49)(H,48,50)(H,51,57)(H,52,58)/t31-,32+,37-,38?,39-,40-/m0/s1. The number of fused-ring (bicyclic) bond motifs is 5. The lowest BCUT2D eigenvalue weighted by Crippen LogP contribution is -2.55. The molecule has 322 valence electrons. The van der Waals surface area contributed by atoms with Gasteiger partial charge in [-0.2, -0.15) is 0 Å². The number of aromatic amines is 2. The molecule has 2 aromatic carbocycles. The fraction of sp³-hybridized carbons (Fsp3) is 0.522. The van der Waals surface area contributed by atoms with Gasteiger partial charge in [0.15, 0.2) is 0 Å². The molecule has 0 radical (unpaired) electrons. The second-order valence-electron chi connectivity index (χ2n) is 17.6. The van der Waals surface area contributed by atoms with Gasteiger partial charge in [-0.1, -0.05) is 38.1 Å². The molecule has 0 spiro atoms. The molecular formula is C46H56N8O7. The Hall–Kier alpha value is -5.70. The summed E-state index contributed by atoms with van der Waals surface area (Å²) in [5, 5.41) is 5.60. The van der Waals surface area contributed by atoms with E-state index in [4.69, 9.17) is 24.2 Å². The number of amides is 4. The Morgan fingerprint density at radius 2 is 1.41 bits per heavy atom. The van der Waals surface area contributed by atoms with E-state index >= 15 is 0 Å². The van der Waals surface area contributed by atoms with Gasteiger partial charge in [0, 0.05) is 25.8 Å². The monoisotopic (exact) mass is 832 g/mol. The van der Waals surface area contributed by atoms with Crippen LogP contribution in [0.25, 0.3) is 33.6 Å². The number of likely N-dealkylation sites (tertiary alicyclic amines) is 2. The van der Waals surface area contributed by atoms with E-state index in [0.717, 1.165) is 79.1 Å². The van der Waals surface area contributed by atoms with E-state index in [0.29, 0.717) is 38.5 Å². The first-order valence-corrected chi connectivity index (χ1v) is 21.9. The molecule has 15 nitrogen and oxygen atoms in total. The van der Waals surface area contributed by atoms with Crippen LogP contribution >= 0.6 is 0 Å².